The summed E-state index contributed by atoms with van der Waals surface area (Å²) in [5.74, 6) is -1.16. The monoisotopic (exact) mass is 374 g/mol. The Balaban J connectivity index is 0. The maximum atomic E-state index is 10.3. The van der Waals surface area contributed by atoms with Crippen molar-refractivity contribution in [2.24, 2.45) is 0 Å². The average molecular weight is 374 g/mol. The molecule has 142 valence electrons. The molecule has 0 saturated carbocycles. The molecule has 0 aromatic rings. The molecule has 3 atom stereocenters. The van der Waals surface area contributed by atoms with Gasteiger partial charge in [-0.1, -0.05) is 74.8 Å². The fraction of sp³-hybridized carbons (Fsp3) is 0.550. The van der Waals surface area contributed by atoms with Gasteiger partial charge in [0.15, 0.2) is 0 Å². The summed E-state index contributed by atoms with van der Waals surface area (Å²) < 4.78 is 0. The Morgan fingerprint density at radius 3 is 2.04 bits per heavy atom. The van der Waals surface area contributed by atoms with Gasteiger partial charge < -0.3 is 25.2 Å². The van der Waals surface area contributed by atoms with E-state index in [-0.39, 0.29) is 48.8 Å². The number of rotatable bonds is 14. The van der Waals surface area contributed by atoms with Gasteiger partial charge in [0, 0.05) is 5.97 Å². The first-order valence-corrected chi connectivity index (χ1v) is 8.89. The van der Waals surface area contributed by atoms with Gasteiger partial charge in [0.1, 0.15) is 0 Å². The largest absolute Gasteiger partial charge is 1.00 e. The minimum absolute atomic E-state index is 0. The van der Waals surface area contributed by atoms with Crippen molar-refractivity contribution < 1.29 is 54.8 Å². The zero-order chi connectivity index (χ0) is 18.9. The van der Waals surface area contributed by atoms with Crippen molar-refractivity contribution in [3.05, 3.63) is 48.6 Å². The van der Waals surface area contributed by atoms with Crippen LogP contribution in [0, 0.1) is 0 Å². The summed E-state index contributed by atoms with van der Waals surface area (Å²) in [5, 5.41) is 39.3. The third kappa shape index (κ3) is 18.1. The van der Waals surface area contributed by atoms with E-state index >= 15 is 0 Å². The van der Waals surface area contributed by atoms with Gasteiger partial charge in [-0.05, 0) is 25.7 Å². The quantitative estimate of drug-likeness (QED) is 0.201. The second kappa shape index (κ2) is 19.1. The van der Waals surface area contributed by atoms with E-state index in [0.29, 0.717) is 0 Å². The van der Waals surface area contributed by atoms with E-state index in [9.17, 15) is 25.2 Å². The van der Waals surface area contributed by atoms with Crippen molar-refractivity contribution in [1.82, 2.24) is 0 Å². The Labute approximate surface area is 179 Å². The molecule has 0 rings (SSSR count). The van der Waals surface area contributed by atoms with Gasteiger partial charge in [-0.2, -0.15) is 0 Å². The molecule has 5 nitrogen and oxygen atoms in total. The van der Waals surface area contributed by atoms with Gasteiger partial charge in [-0.15, -0.1) is 0 Å². The predicted octanol–water partition coefficient (Wildman–Crippen LogP) is -1.20. The van der Waals surface area contributed by atoms with Gasteiger partial charge in [0.25, 0.3) is 0 Å². The molecule has 0 radical (unpaired) electrons. The standard InChI is InChI=1S/C20H32O5.Na/c1-2-3-8-12-17(21)13-9-6-4-5-7-10-14-18(22)19(23)15-11-16-20(24)25;/h4-7,9-10,13-14,17-19,21-23H,2-3,8,11-12,15-16H2,1H3,(H,24,25);/q;+1/p-1/b6-4-,7-5+,13-9+,14-10+;/t17-,18-,19+;/m1./s1. The summed E-state index contributed by atoms with van der Waals surface area (Å²) in [6.45, 7) is 2.13. The molecule has 3 N–H and O–H groups in total. The van der Waals surface area contributed by atoms with Crippen LogP contribution in [0.1, 0.15) is 51.9 Å². The molecule has 0 aliphatic rings. The van der Waals surface area contributed by atoms with Crippen molar-refractivity contribution in [2.45, 2.75) is 70.2 Å². The Morgan fingerprint density at radius 1 is 0.885 bits per heavy atom. The van der Waals surface area contributed by atoms with E-state index in [0.717, 1.165) is 25.7 Å². The minimum Gasteiger partial charge on any atom is -0.550 e. The first-order chi connectivity index (χ1) is 12.0. The van der Waals surface area contributed by atoms with E-state index in [1.54, 1.807) is 42.5 Å². The van der Waals surface area contributed by atoms with E-state index < -0.39 is 24.3 Å². The number of aliphatic hydroxyl groups is 3. The second-order valence-electron chi connectivity index (χ2n) is 5.92. The number of carboxylic acid groups (broad SMARTS) is 1. The number of unbranched alkanes of at least 4 members (excludes halogenated alkanes) is 2. The van der Waals surface area contributed by atoms with Crippen LogP contribution in [0.25, 0.3) is 0 Å². The number of carbonyl (C=O) groups is 1. The molecule has 0 amide bonds. The summed E-state index contributed by atoms with van der Waals surface area (Å²) in [7, 11) is 0. The van der Waals surface area contributed by atoms with Gasteiger partial charge in [0.2, 0.25) is 0 Å². The van der Waals surface area contributed by atoms with Crippen molar-refractivity contribution in [3.8, 4) is 0 Å². The van der Waals surface area contributed by atoms with E-state index in [1.165, 1.54) is 6.08 Å². The summed E-state index contributed by atoms with van der Waals surface area (Å²) in [5.41, 5.74) is 0. The maximum Gasteiger partial charge on any atom is 1.00 e. The first-order valence-electron chi connectivity index (χ1n) is 8.89. The Morgan fingerprint density at radius 2 is 1.46 bits per heavy atom. The Hall–Kier alpha value is -0.690. The van der Waals surface area contributed by atoms with Crippen molar-refractivity contribution in [3.63, 3.8) is 0 Å². The minimum atomic E-state index is -1.16. The normalized spacial score (nSPS) is 15.7. The van der Waals surface area contributed by atoms with Crippen LogP contribution >= 0.6 is 0 Å². The molecule has 0 unspecified atom stereocenters. The molecule has 0 spiro atoms. The number of carboxylic acids is 1. The van der Waals surface area contributed by atoms with Gasteiger partial charge in [-0.25, -0.2) is 0 Å². The molecule has 0 bridgehead atoms. The molecule has 0 heterocycles. The van der Waals surface area contributed by atoms with E-state index in [2.05, 4.69) is 6.92 Å². The fourth-order valence-electron chi connectivity index (χ4n) is 2.08. The molecule has 0 aliphatic heterocycles. The van der Waals surface area contributed by atoms with Crippen LogP contribution in [0.5, 0.6) is 0 Å². The first kappa shape index (κ1) is 27.5. The van der Waals surface area contributed by atoms with Crippen molar-refractivity contribution >= 4 is 5.97 Å². The molecular formula is C20H31NaO5. The Bertz CT molecular complexity index is 457. The number of carbonyl (C=O) groups excluding carboxylic acids is 1. The SMILES string of the molecule is CCCCC[C@@H](O)/C=C/C=C\C=C\C=C\[C@@H](O)[C@@H](O)CCCC(=O)[O-].[Na+]. The van der Waals surface area contributed by atoms with Crippen LogP contribution in [-0.2, 0) is 4.79 Å². The van der Waals surface area contributed by atoms with E-state index in [1.807, 2.05) is 0 Å². The fourth-order valence-corrected chi connectivity index (χ4v) is 2.08. The van der Waals surface area contributed by atoms with Crippen molar-refractivity contribution in [1.29, 1.82) is 0 Å². The summed E-state index contributed by atoms with van der Waals surface area (Å²) in [6, 6.07) is 0. The van der Waals surface area contributed by atoms with Crippen LogP contribution < -0.4 is 34.7 Å². The third-order valence-corrected chi connectivity index (χ3v) is 3.58. The molecule has 6 heteroatoms. The molecule has 0 saturated heterocycles. The molecule has 0 aliphatic carbocycles. The smallest absolute Gasteiger partial charge is 0.550 e. The molecule has 0 fully saturated rings. The van der Waals surface area contributed by atoms with Gasteiger partial charge >= 0.3 is 29.6 Å². The van der Waals surface area contributed by atoms with Crippen LogP contribution in [0.2, 0.25) is 0 Å². The molecule has 0 aromatic heterocycles. The van der Waals surface area contributed by atoms with Crippen LogP contribution in [0.15, 0.2) is 48.6 Å². The molecular weight excluding hydrogens is 343 g/mol. The van der Waals surface area contributed by atoms with Crippen LogP contribution in [0.3, 0.4) is 0 Å². The Kier molecular flexibility index (Phi) is 20.2. The van der Waals surface area contributed by atoms with Crippen LogP contribution in [-0.4, -0.2) is 39.6 Å². The zero-order valence-corrected chi connectivity index (χ0v) is 18.0. The zero-order valence-electron chi connectivity index (χ0n) is 16.0. The second-order valence-corrected chi connectivity index (χ2v) is 5.92. The summed E-state index contributed by atoms with van der Waals surface area (Å²) in [6.07, 6.45) is 15.7. The molecule has 26 heavy (non-hydrogen) atoms. The maximum absolute atomic E-state index is 10.3. The average Bonchev–Trinajstić information content (AvgIpc) is 2.56. The molecule has 0 aromatic carbocycles. The number of hydrogen-bond acceptors (Lipinski definition) is 5. The van der Waals surface area contributed by atoms with Crippen LogP contribution in [0.4, 0.5) is 0 Å². The third-order valence-electron chi connectivity index (χ3n) is 3.58. The number of aliphatic hydroxyl groups excluding tert-OH is 3. The van der Waals surface area contributed by atoms with Crippen molar-refractivity contribution in [2.75, 3.05) is 0 Å². The topological polar surface area (TPSA) is 101 Å². The number of allylic oxidation sites excluding steroid dienone is 6. The summed E-state index contributed by atoms with van der Waals surface area (Å²) >= 11 is 0. The predicted molar refractivity (Wildman–Crippen MR) is 97.6 cm³/mol. The van der Waals surface area contributed by atoms with Gasteiger partial charge in [-0.3, -0.25) is 0 Å². The van der Waals surface area contributed by atoms with E-state index in [4.69, 9.17) is 0 Å². The summed E-state index contributed by atoms with van der Waals surface area (Å²) in [4.78, 5) is 10.3. The van der Waals surface area contributed by atoms with Gasteiger partial charge in [0.05, 0.1) is 18.3 Å². The number of hydrogen-bond donors (Lipinski definition) is 3. The number of aliphatic carboxylic acids is 1.